The maximum Gasteiger partial charge on any atom is 0.267 e. The average molecular weight is 304 g/mol. The molecule has 1 N–H and O–H groups in total. The van der Waals surface area contributed by atoms with Gasteiger partial charge in [-0.1, -0.05) is 26.0 Å². The Bertz CT molecular complexity index is 557. The Morgan fingerprint density at radius 2 is 2.00 bits per heavy atom. The minimum Gasteiger partial charge on any atom is -0.479 e. The van der Waals surface area contributed by atoms with Gasteiger partial charge in [0.1, 0.15) is 5.75 Å². The third kappa shape index (κ3) is 3.59. The van der Waals surface area contributed by atoms with Gasteiger partial charge in [0.2, 0.25) is 5.91 Å². The average Bonchev–Trinajstić information content (AvgIpc) is 2.47. The highest BCUT2D eigenvalue weighted by atomic mass is 16.5. The van der Waals surface area contributed by atoms with Crippen LogP contribution in [0.1, 0.15) is 34.1 Å². The predicted octanol–water partition coefficient (Wildman–Crippen LogP) is 2.35. The van der Waals surface area contributed by atoms with Gasteiger partial charge in [0, 0.05) is 19.0 Å². The number of carbonyl (C=O) groups excluding carboxylic acids is 2. The predicted molar refractivity (Wildman–Crippen MR) is 85.9 cm³/mol. The quantitative estimate of drug-likeness (QED) is 0.908. The molecule has 2 amide bonds. The van der Waals surface area contributed by atoms with Crippen LogP contribution in [0, 0.1) is 5.92 Å². The molecule has 2 unspecified atom stereocenters. The van der Waals surface area contributed by atoms with Crippen molar-refractivity contribution in [1.29, 1.82) is 0 Å². The van der Waals surface area contributed by atoms with Gasteiger partial charge in [-0.05, 0) is 31.9 Å². The third-order valence-electron chi connectivity index (χ3n) is 4.02. The number of carbonyl (C=O) groups is 2. The first-order chi connectivity index (χ1) is 10.4. The smallest absolute Gasteiger partial charge is 0.267 e. The summed E-state index contributed by atoms with van der Waals surface area (Å²) < 4.78 is 5.59. The molecule has 1 aromatic carbocycles. The van der Waals surface area contributed by atoms with E-state index < -0.39 is 6.10 Å². The highest BCUT2D eigenvalue weighted by Gasteiger charge is 2.31. The number of nitrogens with one attached hydrogen (secondary N) is 1. The van der Waals surface area contributed by atoms with Crippen LogP contribution in [-0.4, -0.2) is 30.5 Å². The molecule has 0 spiro atoms. The SMILES string of the molecule is CC1Oc2ccccc2N(CCC(=O)NC(C)C(C)C)C1=O. The third-order valence-corrected chi connectivity index (χ3v) is 4.02. The van der Waals surface area contributed by atoms with Gasteiger partial charge in [-0.25, -0.2) is 0 Å². The van der Waals surface area contributed by atoms with Crippen LogP contribution < -0.4 is 15.0 Å². The zero-order chi connectivity index (χ0) is 16.3. The van der Waals surface area contributed by atoms with E-state index in [1.165, 1.54) is 0 Å². The number of nitrogens with zero attached hydrogens (tertiary/aromatic N) is 1. The second-order valence-corrected chi connectivity index (χ2v) is 6.07. The van der Waals surface area contributed by atoms with Crippen LogP contribution in [0.4, 0.5) is 5.69 Å². The van der Waals surface area contributed by atoms with Crippen molar-refractivity contribution < 1.29 is 14.3 Å². The minimum absolute atomic E-state index is 0.0365. The van der Waals surface area contributed by atoms with E-state index in [0.29, 0.717) is 18.2 Å². The Morgan fingerprint density at radius 3 is 2.68 bits per heavy atom. The van der Waals surface area contributed by atoms with Gasteiger partial charge in [0.05, 0.1) is 5.69 Å². The summed E-state index contributed by atoms with van der Waals surface area (Å²) in [5.41, 5.74) is 0.732. The van der Waals surface area contributed by atoms with E-state index in [4.69, 9.17) is 4.74 Å². The van der Waals surface area contributed by atoms with Crippen LogP contribution >= 0.6 is 0 Å². The van der Waals surface area contributed by atoms with E-state index in [2.05, 4.69) is 19.2 Å². The summed E-state index contributed by atoms with van der Waals surface area (Å²) in [4.78, 5) is 26.0. The second-order valence-electron chi connectivity index (χ2n) is 6.07. The van der Waals surface area contributed by atoms with Crippen molar-refractivity contribution in [2.24, 2.45) is 5.92 Å². The summed E-state index contributed by atoms with van der Waals surface area (Å²) in [5, 5.41) is 2.96. The van der Waals surface area contributed by atoms with Gasteiger partial charge in [0.25, 0.3) is 5.91 Å². The van der Waals surface area contributed by atoms with Gasteiger partial charge in [-0.15, -0.1) is 0 Å². The number of anilines is 1. The van der Waals surface area contributed by atoms with Crippen molar-refractivity contribution in [2.45, 2.75) is 46.3 Å². The number of benzene rings is 1. The van der Waals surface area contributed by atoms with E-state index in [0.717, 1.165) is 5.69 Å². The molecule has 0 fully saturated rings. The molecule has 0 aliphatic carbocycles. The van der Waals surface area contributed by atoms with E-state index in [-0.39, 0.29) is 24.3 Å². The Hall–Kier alpha value is -2.04. The molecule has 0 radical (unpaired) electrons. The van der Waals surface area contributed by atoms with Crippen molar-refractivity contribution in [1.82, 2.24) is 5.32 Å². The molecule has 0 saturated carbocycles. The van der Waals surface area contributed by atoms with Crippen LogP contribution in [-0.2, 0) is 9.59 Å². The maximum atomic E-state index is 12.3. The zero-order valence-electron chi connectivity index (χ0n) is 13.6. The number of amides is 2. The van der Waals surface area contributed by atoms with Crippen LogP contribution in [0.25, 0.3) is 0 Å². The number of hydrogen-bond acceptors (Lipinski definition) is 3. The fourth-order valence-electron chi connectivity index (χ4n) is 2.30. The Morgan fingerprint density at radius 1 is 1.32 bits per heavy atom. The lowest BCUT2D eigenvalue weighted by Crippen LogP contribution is -2.46. The molecule has 2 atom stereocenters. The van der Waals surface area contributed by atoms with E-state index in [1.807, 2.05) is 31.2 Å². The summed E-state index contributed by atoms with van der Waals surface area (Å²) in [6, 6.07) is 7.54. The molecule has 1 aromatic rings. The Kier molecular flexibility index (Phi) is 5.06. The van der Waals surface area contributed by atoms with Crippen LogP contribution in [0.15, 0.2) is 24.3 Å². The number of rotatable bonds is 5. The lowest BCUT2D eigenvalue weighted by Gasteiger charge is -2.33. The molecule has 5 heteroatoms. The largest absolute Gasteiger partial charge is 0.479 e. The fourth-order valence-corrected chi connectivity index (χ4v) is 2.30. The van der Waals surface area contributed by atoms with Crippen molar-refractivity contribution in [3.05, 3.63) is 24.3 Å². The van der Waals surface area contributed by atoms with Crippen LogP contribution in [0.3, 0.4) is 0 Å². The number of hydrogen-bond donors (Lipinski definition) is 1. The van der Waals surface area contributed by atoms with Gasteiger partial charge in [-0.2, -0.15) is 0 Å². The standard InChI is InChI=1S/C17H24N2O3/c1-11(2)12(3)18-16(20)9-10-19-14-7-5-6-8-15(14)22-13(4)17(19)21/h5-8,11-13H,9-10H2,1-4H3,(H,18,20). The second kappa shape index (κ2) is 6.81. The topological polar surface area (TPSA) is 58.6 Å². The van der Waals surface area contributed by atoms with Gasteiger partial charge in [-0.3, -0.25) is 9.59 Å². The summed E-state index contributed by atoms with van der Waals surface area (Å²) in [7, 11) is 0. The molecule has 2 rings (SSSR count). The van der Waals surface area contributed by atoms with Crippen molar-refractivity contribution in [3.63, 3.8) is 0 Å². The molecule has 0 bridgehead atoms. The van der Waals surface area contributed by atoms with Crippen molar-refractivity contribution >= 4 is 17.5 Å². The monoisotopic (exact) mass is 304 g/mol. The van der Waals surface area contributed by atoms with Crippen LogP contribution in [0.2, 0.25) is 0 Å². The molecule has 1 aliphatic heterocycles. The molecular weight excluding hydrogens is 280 g/mol. The first kappa shape index (κ1) is 16.3. The maximum absolute atomic E-state index is 12.3. The molecule has 120 valence electrons. The lowest BCUT2D eigenvalue weighted by molar-refractivity contribution is -0.125. The highest BCUT2D eigenvalue weighted by Crippen LogP contribution is 2.33. The molecule has 22 heavy (non-hydrogen) atoms. The number of ether oxygens (including phenoxy) is 1. The van der Waals surface area contributed by atoms with Crippen molar-refractivity contribution in [3.8, 4) is 5.75 Å². The first-order valence-corrected chi connectivity index (χ1v) is 7.76. The van der Waals surface area contributed by atoms with Gasteiger partial charge < -0.3 is 15.0 Å². The summed E-state index contributed by atoms with van der Waals surface area (Å²) in [6.07, 6.45) is -0.239. The summed E-state index contributed by atoms with van der Waals surface area (Å²) >= 11 is 0. The molecule has 1 heterocycles. The van der Waals surface area contributed by atoms with Crippen LogP contribution in [0.5, 0.6) is 5.75 Å². The molecular formula is C17H24N2O3. The molecule has 0 saturated heterocycles. The minimum atomic E-state index is -0.521. The molecule has 5 nitrogen and oxygen atoms in total. The summed E-state index contributed by atoms with van der Waals surface area (Å²) in [6.45, 7) is 8.20. The zero-order valence-corrected chi connectivity index (χ0v) is 13.6. The van der Waals surface area contributed by atoms with E-state index >= 15 is 0 Å². The number of para-hydroxylation sites is 2. The molecule has 0 aromatic heterocycles. The first-order valence-electron chi connectivity index (χ1n) is 7.76. The highest BCUT2D eigenvalue weighted by molar-refractivity contribution is 6.00. The normalized spacial score (nSPS) is 18.7. The lowest BCUT2D eigenvalue weighted by atomic mass is 10.1. The van der Waals surface area contributed by atoms with Crippen molar-refractivity contribution in [2.75, 3.05) is 11.4 Å². The van der Waals surface area contributed by atoms with Gasteiger partial charge >= 0.3 is 0 Å². The number of fused-ring (bicyclic) bond motifs is 1. The van der Waals surface area contributed by atoms with E-state index in [9.17, 15) is 9.59 Å². The summed E-state index contributed by atoms with van der Waals surface area (Å²) in [5.74, 6) is 0.925. The van der Waals surface area contributed by atoms with Gasteiger partial charge in [0.15, 0.2) is 6.10 Å². The Balaban J connectivity index is 2.03. The van der Waals surface area contributed by atoms with E-state index in [1.54, 1.807) is 11.8 Å². The fraction of sp³-hybridized carbons (Fsp3) is 0.529. The Labute approximate surface area is 131 Å². The molecule has 1 aliphatic rings.